The van der Waals surface area contributed by atoms with Gasteiger partial charge in [-0.3, -0.25) is 4.99 Å². The van der Waals surface area contributed by atoms with Crippen LogP contribution in [0.3, 0.4) is 0 Å². The average Bonchev–Trinajstić information content (AvgIpc) is 2.71. The number of rotatable bonds is 10. The Morgan fingerprint density at radius 3 is 2.40 bits per heavy atom. The lowest BCUT2D eigenvalue weighted by Crippen LogP contribution is -2.44. The van der Waals surface area contributed by atoms with Crippen LogP contribution in [0.15, 0.2) is 59.6 Å². The summed E-state index contributed by atoms with van der Waals surface area (Å²) in [7, 11) is -1.74. The molecule has 1 atom stereocenters. The van der Waals surface area contributed by atoms with Crippen LogP contribution in [0.5, 0.6) is 5.75 Å². The molecule has 2 aromatic carbocycles. The van der Waals surface area contributed by atoms with Crippen LogP contribution >= 0.6 is 24.0 Å². The zero-order valence-corrected chi connectivity index (χ0v) is 20.7. The van der Waals surface area contributed by atoms with Crippen LogP contribution in [0.25, 0.3) is 0 Å². The van der Waals surface area contributed by atoms with Crippen LogP contribution in [0.1, 0.15) is 18.1 Å². The second-order valence-corrected chi connectivity index (χ2v) is 8.63. The lowest BCUT2D eigenvalue weighted by atomic mass is 10.2. The van der Waals surface area contributed by atoms with Crippen LogP contribution < -0.4 is 20.1 Å². The van der Waals surface area contributed by atoms with Crippen molar-refractivity contribution < 1.29 is 13.2 Å². The van der Waals surface area contributed by atoms with Crippen molar-refractivity contribution in [1.29, 1.82) is 0 Å². The van der Waals surface area contributed by atoms with Crippen molar-refractivity contribution in [1.82, 2.24) is 15.4 Å². The summed E-state index contributed by atoms with van der Waals surface area (Å²) in [6.45, 7) is 5.03. The molecule has 0 bridgehead atoms. The topological polar surface area (TPSA) is 91.8 Å². The number of hydrogen-bond donors (Lipinski definition) is 3. The van der Waals surface area contributed by atoms with Crippen molar-refractivity contribution in [3.8, 4) is 5.75 Å². The highest BCUT2D eigenvalue weighted by Gasteiger charge is 2.11. The van der Waals surface area contributed by atoms with E-state index in [-0.39, 0.29) is 48.9 Å². The predicted molar refractivity (Wildman–Crippen MR) is 133 cm³/mol. The first-order valence-corrected chi connectivity index (χ1v) is 11.2. The molecule has 9 heteroatoms. The van der Waals surface area contributed by atoms with E-state index in [1.807, 2.05) is 68.4 Å². The van der Waals surface area contributed by atoms with Crippen LogP contribution in [-0.2, 0) is 16.6 Å². The number of nitrogens with one attached hydrogen (secondary N) is 3. The maximum atomic E-state index is 12.1. The molecule has 166 valence electrons. The highest BCUT2D eigenvalue weighted by atomic mass is 127. The second kappa shape index (κ2) is 13.5. The molecule has 0 saturated carbocycles. The second-order valence-electron chi connectivity index (χ2n) is 6.70. The quantitative estimate of drug-likeness (QED) is 0.242. The Kier molecular flexibility index (Phi) is 11.7. The minimum atomic E-state index is -3.38. The highest BCUT2D eigenvalue weighted by molar-refractivity contribution is 14.0. The van der Waals surface area contributed by atoms with Gasteiger partial charge in [0.25, 0.3) is 0 Å². The molecule has 7 nitrogen and oxygen atoms in total. The Morgan fingerprint density at radius 1 is 1.07 bits per heavy atom. The van der Waals surface area contributed by atoms with Crippen molar-refractivity contribution in [2.75, 3.05) is 25.9 Å². The molecule has 0 aliphatic heterocycles. The molecule has 0 spiro atoms. The SMILES string of the molecule is CN=C(NCCS(=O)(=O)NCc1ccccc1)NCC(C)Oc1ccccc1C.I. The number of sulfonamides is 1. The molecule has 30 heavy (non-hydrogen) atoms. The predicted octanol–water partition coefficient (Wildman–Crippen LogP) is 2.66. The summed E-state index contributed by atoms with van der Waals surface area (Å²) in [4.78, 5) is 4.12. The van der Waals surface area contributed by atoms with Crippen LogP contribution in [-0.4, -0.2) is 46.4 Å². The van der Waals surface area contributed by atoms with E-state index in [9.17, 15) is 8.42 Å². The smallest absolute Gasteiger partial charge is 0.213 e. The molecule has 2 rings (SSSR count). The molecule has 0 saturated heterocycles. The van der Waals surface area contributed by atoms with Crippen molar-refractivity contribution in [2.24, 2.45) is 4.99 Å². The monoisotopic (exact) mass is 546 g/mol. The summed E-state index contributed by atoms with van der Waals surface area (Å²) in [6.07, 6.45) is -0.0779. The third-order valence-corrected chi connectivity index (χ3v) is 5.53. The maximum Gasteiger partial charge on any atom is 0.213 e. The molecule has 0 aliphatic carbocycles. The van der Waals surface area contributed by atoms with Crippen molar-refractivity contribution in [2.45, 2.75) is 26.5 Å². The molecule has 3 N–H and O–H groups in total. The van der Waals surface area contributed by atoms with E-state index >= 15 is 0 Å². The number of benzene rings is 2. The normalized spacial score (nSPS) is 12.6. The number of para-hydroxylation sites is 1. The van der Waals surface area contributed by atoms with Crippen molar-refractivity contribution >= 4 is 40.0 Å². The van der Waals surface area contributed by atoms with Gasteiger partial charge in [-0.15, -0.1) is 24.0 Å². The molecule has 0 amide bonds. The van der Waals surface area contributed by atoms with Gasteiger partial charge in [0.15, 0.2) is 5.96 Å². The first-order valence-electron chi connectivity index (χ1n) is 9.57. The van der Waals surface area contributed by atoms with E-state index in [4.69, 9.17) is 4.74 Å². The summed E-state index contributed by atoms with van der Waals surface area (Å²) in [5, 5.41) is 6.17. The van der Waals surface area contributed by atoms with Gasteiger partial charge in [0, 0.05) is 20.1 Å². The Morgan fingerprint density at radius 2 is 1.73 bits per heavy atom. The summed E-state index contributed by atoms with van der Waals surface area (Å²) < 4.78 is 32.8. The number of halogens is 1. The number of hydrogen-bond acceptors (Lipinski definition) is 4. The van der Waals surface area contributed by atoms with Gasteiger partial charge in [-0.25, -0.2) is 13.1 Å². The van der Waals surface area contributed by atoms with Crippen LogP contribution in [0, 0.1) is 6.92 Å². The van der Waals surface area contributed by atoms with E-state index in [2.05, 4.69) is 20.3 Å². The number of aryl methyl sites for hydroxylation is 1. The summed E-state index contributed by atoms with van der Waals surface area (Å²) in [5.74, 6) is 1.33. The largest absolute Gasteiger partial charge is 0.489 e. The Balaban J connectivity index is 0.00000450. The van der Waals surface area contributed by atoms with Crippen LogP contribution in [0.2, 0.25) is 0 Å². The average molecular weight is 546 g/mol. The van der Waals surface area contributed by atoms with Gasteiger partial charge in [-0.05, 0) is 31.0 Å². The summed E-state index contributed by atoms with van der Waals surface area (Å²) in [5.41, 5.74) is 2.00. The maximum absolute atomic E-state index is 12.1. The van der Waals surface area contributed by atoms with E-state index in [0.29, 0.717) is 12.5 Å². The van der Waals surface area contributed by atoms with Gasteiger partial charge in [-0.1, -0.05) is 48.5 Å². The summed E-state index contributed by atoms with van der Waals surface area (Å²) >= 11 is 0. The first-order chi connectivity index (χ1) is 13.9. The third-order valence-electron chi connectivity index (χ3n) is 4.20. The van der Waals surface area contributed by atoms with Crippen molar-refractivity contribution in [3.05, 3.63) is 65.7 Å². The molecule has 0 aromatic heterocycles. The molecule has 0 aliphatic rings. The molecular formula is C21H31IN4O3S. The minimum absolute atomic E-state index is 0. The van der Waals surface area contributed by atoms with E-state index < -0.39 is 10.0 Å². The molecule has 2 aromatic rings. The molecular weight excluding hydrogens is 515 g/mol. The number of ether oxygens (including phenoxy) is 1. The molecule has 0 heterocycles. The number of guanidine groups is 1. The summed E-state index contributed by atoms with van der Waals surface area (Å²) in [6, 6.07) is 17.3. The molecule has 0 radical (unpaired) electrons. The van der Waals surface area contributed by atoms with Gasteiger partial charge in [0.05, 0.1) is 12.3 Å². The van der Waals surface area contributed by atoms with Gasteiger partial charge in [-0.2, -0.15) is 0 Å². The standard InChI is InChI=1S/C21H30N4O3S.HI/c1-17-9-7-8-12-20(17)28-18(2)15-24-21(22-3)23-13-14-29(26,27)25-16-19-10-5-4-6-11-19;/h4-12,18,25H,13-16H2,1-3H3,(H2,22,23,24);1H. The lowest BCUT2D eigenvalue weighted by Gasteiger charge is -2.18. The van der Waals surface area contributed by atoms with E-state index in [1.54, 1.807) is 7.05 Å². The molecule has 1 unspecified atom stereocenters. The fraction of sp³-hybridized carbons (Fsp3) is 0.381. The van der Waals surface area contributed by atoms with Crippen LogP contribution in [0.4, 0.5) is 0 Å². The fourth-order valence-corrected chi connectivity index (χ4v) is 3.47. The van der Waals surface area contributed by atoms with E-state index in [0.717, 1.165) is 16.9 Å². The Labute approximate surface area is 196 Å². The number of aliphatic imine (C=N–C) groups is 1. The highest BCUT2D eigenvalue weighted by Crippen LogP contribution is 2.17. The van der Waals surface area contributed by atoms with Gasteiger partial charge < -0.3 is 15.4 Å². The Hall–Kier alpha value is -1.85. The zero-order valence-electron chi connectivity index (χ0n) is 17.6. The lowest BCUT2D eigenvalue weighted by molar-refractivity contribution is 0.222. The molecule has 0 fully saturated rings. The first kappa shape index (κ1) is 26.2. The van der Waals surface area contributed by atoms with Gasteiger partial charge >= 0.3 is 0 Å². The van der Waals surface area contributed by atoms with Gasteiger partial charge in [0.1, 0.15) is 11.9 Å². The number of nitrogens with zero attached hydrogens (tertiary/aromatic N) is 1. The Bertz CT molecular complexity index is 892. The van der Waals surface area contributed by atoms with Gasteiger partial charge in [0.2, 0.25) is 10.0 Å². The minimum Gasteiger partial charge on any atom is -0.489 e. The third kappa shape index (κ3) is 9.77. The van der Waals surface area contributed by atoms with E-state index in [1.165, 1.54) is 0 Å². The van der Waals surface area contributed by atoms with Crippen molar-refractivity contribution in [3.63, 3.8) is 0 Å². The fourth-order valence-electron chi connectivity index (χ4n) is 2.57. The zero-order chi connectivity index (χ0) is 21.1.